The molecular weight excluding hydrogens is 402 g/mol. The first-order valence-electron chi connectivity index (χ1n) is 9.66. The minimum Gasteiger partial charge on any atom is -0.497 e. The number of anilines is 1. The Hall–Kier alpha value is -3.13. The summed E-state index contributed by atoms with van der Waals surface area (Å²) in [5.74, 6) is 1.05. The van der Waals surface area contributed by atoms with E-state index < -0.39 is 6.04 Å². The number of carbonyl (C=O) groups is 2. The number of nitrogens with zero attached hydrogens (tertiary/aromatic N) is 2. The Morgan fingerprint density at radius 2 is 1.73 bits per heavy atom. The Kier molecular flexibility index (Phi) is 6.89. The van der Waals surface area contributed by atoms with Gasteiger partial charge in [-0.15, -0.1) is 0 Å². The molecule has 2 aromatic carbocycles. The lowest BCUT2D eigenvalue weighted by molar-refractivity contribution is -0.130. The quantitative estimate of drug-likeness (QED) is 0.653. The maximum atomic E-state index is 12.7. The van der Waals surface area contributed by atoms with Gasteiger partial charge in [0.05, 0.1) is 20.1 Å². The Labute approximate surface area is 181 Å². The van der Waals surface area contributed by atoms with Crippen LogP contribution in [-0.2, 0) is 16.1 Å². The first-order valence-corrected chi connectivity index (χ1v) is 10.1. The summed E-state index contributed by atoms with van der Waals surface area (Å²) >= 11 is 5.45. The Morgan fingerprint density at radius 1 is 1.10 bits per heavy atom. The third kappa shape index (κ3) is 4.88. The second-order valence-electron chi connectivity index (χ2n) is 6.88. The number of rotatable bonds is 8. The Bertz CT molecular complexity index is 915. The van der Waals surface area contributed by atoms with Crippen molar-refractivity contribution in [1.29, 1.82) is 0 Å². The molecule has 0 spiro atoms. The van der Waals surface area contributed by atoms with Gasteiger partial charge in [0.25, 0.3) is 5.91 Å². The summed E-state index contributed by atoms with van der Waals surface area (Å²) in [6.45, 7) is 2.92. The van der Waals surface area contributed by atoms with E-state index in [-0.39, 0.29) is 18.2 Å². The van der Waals surface area contributed by atoms with Gasteiger partial charge >= 0.3 is 0 Å². The van der Waals surface area contributed by atoms with Crippen LogP contribution in [0.15, 0.2) is 48.5 Å². The molecule has 0 aromatic heterocycles. The third-order valence-electron chi connectivity index (χ3n) is 4.86. The SMILES string of the molecule is CCOc1ccc(NC(=O)C[C@@H]2C(=O)N(C)C(=S)N2Cc2ccc(OC)cc2)cc1. The van der Waals surface area contributed by atoms with Crippen LogP contribution >= 0.6 is 12.2 Å². The topological polar surface area (TPSA) is 71.1 Å². The van der Waals surface area contributed by atoms with Crippen molar-refractivity contribution < 1.29 is 19.1 Å². The summed E-state index contributed by atoms with van der Waals surface area (Å²) in [6, 6.07) is 14.0. The Morgan fingerprint density at radius 3 is 2.33 bits per heavy atom. The summed E-state index contributed by atoms with van der Waals surface area (Å²) in [5, 5.41) is 3.25. The summed E-state index contributed by atoms with van der Waals surface area (Å²) in [6.07, 6.45) is 0.00663. The number of ether oxygens (including phenoxy) is 2. The van der Waals surface area contributed by atoms with E-state index in [0.717, 1.165) is 17.1 Å². The lowest BCUT2D eigenvalue weighted by Gasteiger charge is -2.23. The van der Waals surface area contributed by atoms with Gasteiger partial charge in [-0.1, -0.05) is 12.1 Å². The summed E-state index contributed by atoms with van der Waals surface area (Å²) in [7, 11) is 3.24. The van der Waals surface area contributed by atoms with Gasteiger partial charge in [-0.3, -0.25) is 14.5 Å². The number of carbonyl (C=O) groups excluding carboxylic acids is 2. The van der Waals surface area contributed by atoms with Crippen LogP contribution in [0.5, 0.6) is 11.5 Å². The molecule has 3 rings (SSSR count). The standard InChI is InChI=1S/C22H25N3O4S/c1-4-29-18-11-7-16(8-12-18)23-20(26)13-19-21(27)24(2)22(30)25(19)14-15-5-9-17(28-3)10-6-15/h5-12,19H,4,13-14H2,1-3H3,(H,23,26)/t19-/m1/s1. The first kappa shape index (κ1) is 21.6. The van der Waals surface area contributed by atoms with E-state index in [0.29, 0.717) is 24.0 Å². The zero-order valence-electron chi connectivity index (χ0n) is 17.3. The minimum absolute atomic E-state index is 0.00663. The van der Waals surface area contributed by atoms with E-state index in [1.807, 2.05) is 31.2 Å². The van der Waals surface area contributed by atoms with E-state index in [2.05, 4.69) is 5.32 Å². The van der Waals surface area contributed by atoms with Gasteiger partial charge in [-0.05, 0) is 61.1 Å². The molecule has 1 atom stereocenters. The van der Waals surface area contributed by atoms with Gasteiger partial charge in [0.2, 0.25) is 5.91 Å². The van der Waals surface area contributed by atoms with Crippen molar-refractivity contribution >= 4 is 34.8 Å². The molecule has 1 heterocycles. The van der Waals surface area contributed by atoms with Crippen molar-refractivity contribution in [3.8, 4) is 11.5 Å². The zero-order chi connectivity index (χ0) is 21.7. The summed E-state index contributed by atoms with van der Waals surface area (Å²) in [4.78, 5) is 28.5. The third-order valence-corrected chi connectivity index (χ3v) is 5.37. The van der Waals surface area contributed by atoms with Crippen molar-refractivity contribution in [2.75, 3.05) is 26.1 Å². The Balaban J connectivity index is 1.68. The number of likely N-dealkylation sites (N-methyl/N-ethyl adjacent to an activating group) is 1. The predicted molar refractivity (Wildman–Crippen MR) is 119 cm³/mol. The molecule has 1 saturated heterocycles. The monoisotopic (exact) mass is 427 g/mol. The van der Waals surface area contributed by atoms with E-state index in [1.54, 1.807) is 43.3 Å². The molecule has 30 heavy (non-hydrogen) atoms. The minimum atomic E-state index is -0.646. The van der Waals surface area contributed by atoms with Crippen LogP contribution in [-0.4, -0.2) is 53.5 Å². The molecule has 1 aliphatic rings. The molecule has 158 valence electrons. The second-order valence-corrected chi connectivity index (χ2v) is 7.25. The molecule has 0 bridgehead atoms. The van der Waals surface area contributed by atoms with Gasteiger partial charge in [-0.25, -0.2) is 0 Å². The highest BCUT2D eigenvalue weighted by Crippen LogP contribution is 2.24. The van der Waals surface area contributed by atoms with E-state index in [1.165, 1.54) is 4.90 Å². The van der Waals surface area contributed by atoms with Crippen LogP contribution in [0.3, 0.4) is 0 Å². The highest BCUT2D eigenvalue weighted by atomic mass is 32.1. The highest BCUT2D eigenvalue weighted by Gasteiger charge is 2.41. The second kappa shape index (κ2) is 9.58. The number of nitrogens with one attached hydrogen (secondary N) is 1. The fourth-order valence-corrected chi connectivity index (χ4v) is 3.55. The molecule has 2 aromatic rings. The summed E-state index contributed by atoms with van der Waals surface area (Å²) < 4.78 is 10.6. The van der Waals surface area contributed by atoms with Crippen LogP contribution in [0.2, 0.25) is 0 Å². The zero-order valence-corrected chi connectivity index (χ0v) is 18.1. The fraction of sp³-hybridized carbons (Fsp3) is 0.318. The molecular formula is C22H25N3O4S. The van der Waals surface area contributed by atoms with Crippen LogP contribution in [0.25, 0.3) is 0 Å². The molecule has 8 heteroatoms. The largest absolute Gasteiger partial charge is 0.497 e. The molecule has 1 aliphatic heterocycles. The van der Waals surface area contributed by atoms with Crippen LogP contribution in [0, 0.1) is 0 Å². The number of hydrogen-bond donors (Lipinski definition) is 1. The van der Waals surface area contributed by atoms with Gasteiger partial charge in [0, 0.05) is 19.3 Å². The molecule has 0 saturated carbocycles. The number of methoxy groups -OCH3 is 1. The van der Waals surface area contributed by atoms with Crippen molar-refractivity contribution in [3.05, 3.63) is 54.1 Å². The molecule has 0 radical (unpaired) electrons. The number of benzene rings is 2. The van der Waals surface area contributed by atoms with Crippen molar-refractivity contribution in [1.82, 2.24) is 9.80 Å². The molecule has 7 nitrogen and oxygen atoms in total. The molecule has 2 amide bonds. The first-order chi connectivity index (χ1) is 14.4. The van der Waals surface area contributed by atoms with Crippen LogP contribution in [0.4, 0.5) is 5.69 Å². The number of hydrogen-bond acceptors (Lipinski definition) is 5. The van der Waals surface area contributed by atoms with Crippen molar-refractivity contribution in [3.63, 3.8) is 0 Å². The molecule has 1 N–H and O–H groups in total. The summed E-state index contributed by atoms with van der Waals surface area (Å²) in [5.41, 5.74) is 1.62. The van der Waals surface area contributed by atoms with Gasteiger partial charge in [-0.2, -0.15) is 0 Å². The van der Waals surface area contributed by atoms with Crippen molar-refractivity contribution in [2.45, 2.75) is 25.9 Å². The molecule has 1 fully saturated rings. The van der Waals surface area contributed by atoms with Crippen molar-refractivity contribution in [2.24, 2.45) is 0 Å². The maximum absolute atomic E-state index is 12.7. The lowest BCUT2D eigenvalue weighted by Crippen LogP contribution is -2.37. The lowest BCUT2D eigenvalue weighted by atomic mass is 10.1. The van der Waals surface area contributed by atoms with E-state index >= 15 is 0 Å². The van der Waals surface area contributed by atoms with Gasteiger partial charge in [0.15, 0.2) is 5.11 Å². The van der Waals surface area contributed by atoms with Crippen LogP contribution in [0.1, 0.15) is 18.9 Å². The highest BCUT2D eigenvalue weighted by molar-refractivity contribution is 7.80. The normalized spacial score (nSPS) is 16.0. The van der Waals surface area contributed by atoms with Crippen LogP contribution < -0.4 is 14.8 Å². The van der Waals surface area contributed by atoms with Gasteiger partial charge < -0.3 is 19.7 Å². The average Bonchev–Trinajstić information content (AvgIpc) is 2.94. The molecule has 0 unspecified atom stereocenters. The molecule has 0 aliphatic carbocycles. The predicted octanol–water partition coefficient (Wildman–Crippen LogP) is 3.05. The number of thiocarbonyl (C=S) groups is 1. The maximum Gasteiger partial charge on any atom is 0.251 e. The fourth-order valence-electron chi connectivity index (χ4n) is 3.27. The van der Waals surface area contributed by atoms with Gasteiger partial charge in [0.1, 0.15) is 17.5 Å². The van der Waals surface area contributed by atoms with E-state index in [4.69, 9.17) is 21.7 Å². The van der Waals surface area contributed by atoms with E-state index in [9.17, 15) is 9.59 Å². The smallest absolute Gasteiger partial charge is 0.251 e. The average molecular weight is 428 g/mol. The number of amides is 2.